The highest BCUT2D eigenvalue weighted by Gasteiger charge is 2.14. The molecule has 1 rings (SSSR count). The molecule has 1 heterocycles. The fraction of sp³-hybridized carbons (Fsp3) is 0.200. The van der Waals surface area contributed by atoms with Crippen molar-refractivity contribution >= 4 is 38.7 Å². The zero-order valence-electron chi connectivity index (χ0n) is 5.54. The van der Waals surface area contributed by atoms with E-state index in [0.717, 1.165) is 15.2 Å². The first kappa shape index (κ1) is 8.83. The van der Waals surface area contributed by atoms with E-state index in [4.69, 9.17) is 10.7 Å². The summed E-state index contributed by atoms with van der Waals surface area (Å²) in [6, 6.07) is 1.48. The van der Waals surface area contributed by atoms with Crippen LogP contribution in [0.1, 0.15) is 4.88 Å². The standard InChI is InChI=1S/C5H4ClNO2S2/c1-3-4(7(8)9)2-5(10-3)11-6/h2H,1H3. The van der Waals surface area contributed by atoms with Crippen LogP contribution in [0.25, 0.3) is 0 Å². The van der Waals surface area contributed by atoms with Gasteiger partial charge in [0.1, 0.15) is 0 Å². The van der Waals surface area contributed by atoms with Crippen molar-refractivity contribution < 1.29 is 4.92 Å². The number of nitrogens with zero attached hydrogens (tertiary/aromatic N) is 1. The molecule has 0 unspecified atom stereocenters. The molecule has 6 heteroatoms. The molecular weight excluding hydrogens is 206 g/mol. The molecule has 0 fully saturated rings. The third kappa shape index (κ3) is 1.85. The van der Waals surface area contributed by atoms with E-state index in [1.807, 2.05) is 0 Å². The minimum atomic E-state index is -0.400. The number of nitro groups is 1. The molecule has 0 aliphatic heterocycles. The lowest BCUT2D eigenvalue weighted by Gasteiger charge is -1.83. The van der Waals surface area contributed by atoms with E-state index in [1.54, 1.807) is 6.92 Å². The maximum absolute atomic E-state index is 10.3. The molecule has 1 aromatic heterocycles. The minimum absolute atomic E-state index is 0.151. The van der Waals surface area contributed by atoms with Gasteiger partial charge in [0.05, 0.1) is 14.0 Å². The van der Waals surface area contributed by atoms with Crippen LogP contribution in [0.2, 0.25) is 0 Å². The summed E-state index contributed by atoms with van der Waals surface area (Å²) in [7, 11) is 6.43. The van der Waals surface area contributed by atoms with Gasteiger partial charge in [-0.3, -0.25) is 10.1 Å². The molecule has 0 aliphatic rings. The van der Waals surface area contributed by atoms with Crippen molar-refractivity contribution in [1.29, 1.82) is 0 Å². The second-order valence-electron chi connectivity index (χ2n) is 1.84. The Morgan fingerprint density at radius 1 is 1.82 bits per heavy atom. The van der Waals surface area contributed by atoms with E-state index < -0.39 is 4.92 Å². The van der Waals surface area contributed by atoms with Crippen LogP contribution in [0.5, 0.6) is 0 Å². The molecule has 0 N–H and O–H groups in total. The van der Waals surface area contributed by atoms with Crippen molar-refractivity contribution in [3.8, 4) is 0 Å². The molecule has 0 aromatic carbocycles. The maximum atomic E-state index is 10.3. The van der Waals surface area contributed by atoms with Gasteiger partial charge in [0.25, 0.3) is 5.69 Å². The number of thiophene rings is 1. The molecule has 0 saturated heterocycles. The quantitative estimate of drug-likeness (QED) is 0.555. The second kappa shape index (κ2) is 3.42. The SMILES string of the molecule is Cc1sc(SCl)cc1[N+](=O)[O-]. The molecule has 60 valence electrons. The molecule has 3 nitrogen and oxygen atoms in total. The third-order valence-corrected chi connectivity index (χ3v) is 3.52. The summed E-state index contributed by atoms with van der Waals surface area (Å²) in [6.45, 7) is 1.71. The molecule has 0 amide bonds. The zero-order chi connectivity index (χ0) is 8.43. The van der Waals surface area contributed by atoms with Crippen LogP contribution < -0.4 is 0 Å². The van der Waals surface area contributed by atoms with Crippen LogP contribution in [0.15, 0.2) is 10.3 Å². The zero-order valence-corrected chi connectivity index (χ0v) is 7.92. The van der Waals surface area contributed by atoms with Gasteiger partial charge < -0.3 is 0 Å². The lowest BCUT2D eigenvalue weighted by Crippen LogP contribution is -1.85. The smallest absolute Gasteiger partial charge is 0.258 e. The predicted octanol–water partition coefficient (Wildman–Crippen LogP) is 3.21. The monoisotopic (exact) mass is 209 g/mol. The number of aryl methyl sites for hydroxylation is 1. The molecule has 0 saturated carbocycles. The summed E-state index contributed by atoms with van der Waals surface area (Å²) in [5.41, 5.74) is 0.151. The van der Waals surface area contributed by atoms with Crippen molar-refractivity contribution in [2.24, 2.45) is 0 Å². The lowest BCUT2D eigenvalue weighted by molar-refractivity contribution is -0.385. The van der Waals surface area contributed by atoms with Gasteiger partial charge in [-0.05, 0) is 28.6 Å². The molecule has 11 heavy (non-hydrogen) atoms. The molecule has 1 aromatic rings. The highest BCUT2D eigenvalue weighted by atomic mass is 35.7. The Balaban J connectivity index is 3.07. The van der Waals surface area contributed by atoms with E-state index in [1.165, 1.54) is 17.4 Å². The predicted molar refractivity (Wildman–Crippen MR) is 47.4 cm³/mol. The summed E-state index contributed by atoms with van der Waals surface area (Å²) in [5.74, 6) is 0. The lowest BCUT2D eigenvalue weighted by atomic mass is 10.4. The molecule has 0 aliphatic carbocycles. The fourth-order valence-corrected chi connectivity index (χ4v) is 2.45. The van der Waals surface area contributed by atoms with E-state index in [-0.39, 0.29) is 5.69 Å². The molecule has 0 atom stereocenters. The highest BCUT2D eigenvalue weighted by molar-refractivity contribution is 8.22. The van der Waals surface area contributed by atoms with Gasteiger partial charge in [-0.1, -0.05) is 0 Å². The van der Waals surface area contributed by atoms with Crippen LogP contribution in [0.4, 0.5) is 5.69 Å². The first-order valence-electron chi connectivity index (χ1n) is 2.68. The molecule has 0 radical (unpaired) electrons. The van der Waals surface area contributed by atoms with Gasteiger partial charge in [0, 0.05) is 6.07 Å². The number of rotatable bonds is 2. The van der Waals surface area contributed by atoms with Gasteiger partial charge in [0.15, 0.2) is 0 Å². The Hall–Kier alpha value is -0.260. The Labute approximate surface area is 76.0 Å². The van der Waals surface area contributed by atoms with Crippen molar-refractivity contribution in [3.63, 3.8) is 0 Å². The van der Waals surface area contributed by atoms with Crippen LogP contribution >= 0.6 is 33.0 Å². The van der Waals surface area contributed by atoms with Crippen LogP contribution in [-0.4, -0.2) is 4.92 Å². The first-order valence-corrected chi connectivity index (χ1v) is 5.14. The Morgan fingerprint density at radius 2 is 2.45 bits per heavy atom. The van der Waals surface area contributed by atoms with Crippen LogP contribution in [0, 0.1) is 17.0 Å². The van der Waals surface area contributed by atoms with Crippen molar-refractivity contribution in [1.82, 2.24) is 0 Å². The minimum Gasteiger partial charge on any atom is -0.258 e. The van der Waals surface area contributed by atoms with E-state index in [9.17, 15) is 10.1 Å². The summed E-state index contributed by atoms with van der Waals surface area (Å²) < 4.78 is 0.760. The maximum Gasteiger partial charge on any atom is 0.284 e. The average molecular weight is 210 g/mol. The van der Waals surface area contributed by atoms with E-state index in [2.05, 4.69) is 0 Å². The number of halogens is 1. The van der Waals surface area contributed by atoms with Crippen LogP contribution in [0.3, 0.4) is 0 Å². The molecular formula is C5H4ClNO2S2. The van der Waals surface area contributed by atoms with Gasteiger partial charge in [-0.15, -0.1) is 11.3 Å². The van der Waals surface area contributed by atoms with Crippen molar-refractivity contribution in [2.45, 2.75) is 11.1 Å². The third-order valence-electron chi connectivity index (χ3n) is 1.14. The Bertz CT molecular complexity index is 286. The number of hydrogen-bond acceptors (Lipinski definition) is 4. The van der Waals surface area contributed by atoms with E-state index >= 15 is 0 Å². The van der Waals surface area contributed by atoms with Gasteiger partial charge in [-0.25, -0.2) is 0 Å². The molecule has 0 bridgehead atoms. The largest absolute Gasteiger partial charge is 0.284 e. The van der Waals surface area contributed by atoms with Gasteiger partial charge in [-0.2, -0.15) is 0 Å². The van der Waals surface area contributed by atoms with Gasteiger partial charge in [0.2, 0.25) is 0 Å². The summed E-state index contributed by atoms with van der Waals surface area (Å²) in [6.07, 6.45) is 0. The molecule has 0 spiro atoms. The van der Waals surface area contributed by atoms with Crippen molar-refractivity contribution in [2.75, 3.05) is 0 Å². The summed E-state index contributed by atoms with van der Waals surface area (Å²) >= 11 is 1.33. The summed E-state index contributed by atoms with van der Waals surface area (Å²) in [4.78, 5) is 10.6. The normalized spacial score (nSPS) is 10.0. The van der Waals surface area contributed by atoms with Crippen LogP contribution in [-0.2, 0) is 0 Å². The average Bonchev–Trinajstić information content (AvgIpc) is 2.30. The number of hydrogen-bond donors (Lipinski definition) is 0. The highest BCUT2D eigenvalue weighted by Crippen LogP contribution is 2.36. The van der Waals surface area contributed by atoms with Gasteiger partial charge >= 0.3 is 0 Å². The Kier molecular flexibility index (Phi) is 2.75. The van der Waals surface area contributed by atoms with Crippen molar-refractivity contribution in [3.05, 3.63) is 21.1 Å². The topological polar surface area (TPSA) is 43.1 Å². The van der Waals surface area contributed by atoms with E-state index in [0.29, 0.717) is 4.88 Å². The first-order chi connectivity index (χ1) is 5.15. The second-order valence-corrected chi connectivity index (χ2v) is 4.41. The summed E-state index contributed by atoms with van der Waals surface area (Å²) in [5, 5.41) is 10.3. The fourth-order valence-electron chi connectivity index (χ4n) is 0.665. The Morgan fingerprint density at radius 3 is 2.73 bits per heavy atom.